The second kappa shape index (κ2) is 4.04. The SMILES string of the molecule is NCc1nc(C(F)F)ccc1C=O. The Labute approximate surface area is 73.6 Å². The molecular formula is C8H8F2N2O. The Hall–Kier alpha value is -1.36. The van der Waals surface area contributed by atoms with Crippen LogP contribution >= 0.6 is 0 Å². The lowest BCUT2D eigenvalue weighted by atomic mass is 10.2. The normalized spacial score (nSPS) is 10.5. The second-order valence-electron chi connectivity index (χ2n) is 2.39. The van der Waals surface area contributed by atoms with Gasteiger partial charge in [-0.15, -0.1) is 0 Å². The lowest BCUT2D eigenvalue weighted by molar-refractivity contribution is 0.112. The van der Waals surface area contributed by atoms with E-state index in [1.165, 1.54) is 6.07 Å². The standard InChI is InChI=1S/C8H8F2N2O/c9-8(10)6-2-1-5(4-13)7(3-11)12-6/h1-2,4,8H,3,11H2. The first kappa shape index (κ1) is 9.73. The molecule has 1 heterocycles. The Balaban J connectivity index is 3.12. The van der Waals surface area contributed by atoms with Gasteiger partial charge in [-0.1, -0.05) is 0 Å². The maximum atomic E-state index is 12.1. The zero-order chi connectivity index (χ0) is 9.84. The van der Waals surface area contributed by atoms with E-state index in [4.69, 9.17) is 5.73 Å². The molecule has 0 atom stereocenters. The van der Waals surface area contributed by atoms with E-state index in [0.29, 0.717) is 6.29 Å². The van der Waals surface area contributed by atoms with Crippen molar-refractivity contribution in [1.29, 1.82) is 0 Å². The number of rotatable bonds is 3. The molecule has 1 aromatic rings. The number of hydrogen-bond acceptors (Lipinski definition) is 3. The fourth-order valence-electron chi connectivity index (χ4n) is 0.921. The smallest absolute Gasteiger partial charge is 0.280 e. The van der Waals surface area contributed by atoms with E-state index in [1.807, 2.05) is 0 Å². The fraction of sp³-hybridized carbons (Fsp3) is 0.250. The molecule has 0 saturated carbocycles. The second-order valence-corrected chi connectivity index (χ2v) is 2.39. The zero-order valence-electron chi connectivity index (χ0n) is 6.71. The van der Waals surface area contributed by atoms with Crippen LogP contribution in [-0.4, -0.2) is 11.3 Å². The monoisotopic (exact) mass is 186 g/mol. The van der Waals surface area contributed by atoms with Crippen LogP contribution in [-0.2, 0) is 6.54 Å². The van der Waals surface area contributed by atoms with Gasteiger partial charge in [0.05, 0.1) is 5.69 Å². The molecule has 1 aromatic heterocycles. The van der Waals surface area contributed by atoms with Gasteiger partial charge in [0.15, 0.2) is 6.29 Å². The van der Waals surface area contributed by atoms with Gasteiger partial charge >= 0.3 is 0 Å². The van der Waals surface area contributed by atoms with Crippen LogP contribution in [0.4, 0.5) is 8.78 Å². The molecule has 5 heteroatoms. The van der Waals surface area contributed by atoms with Gasteiger partial charge in [0, 0.05) is 12.1 Å². The largest absolute Gasteiger partial charge is 0.325 e. The van der Waals surface area contributed by atoms with Crippen LogP contribution in [0.1, 0.15) is 28.2 Å². The molecule has 0 radical (unpaired) electrons. The Morgan fingerprint density at radius 2 is 2.23 bits per heavy atom. The number of nitrogens with zero attached hydrogens (tertiary/aromatic N) is 1. The number of alkyl halides is 2. The number of carbonyl (C=O) groups excluding carboxylic acids is 1. The highest BCUT2D eigenvalue weighted by molar-refractivity contribution is 5.76. The molecular weight excluding hydrogens is 178 g/mol. The average molecular weight is 186 g/mol. The summed E-state index contributed by atoms with van der Waals surface area (Å²) >= 11 is 0. The third-order valence-corrected chi connectivity index (χ3v) is 1.57. The number of aromatic nitrogens is 1. The Kier molecular flexibility index (Phi) is 3.02. The summed E-state index contributed by atoms with van der Waals surface area (Å²) in [7, 11) is 0. The fourth-order valence-corrected chi connectivity index (χ4v) is 0.921. The van der Waals surface area contributed by atoms with Crippen molar-refractivity contribution in [1.82, 2.24) is 4.98 Å². The summed E-state index contributed by atoms with van der Waals surface area (Å²) in [6.07, 6.45) is -2.09. The summed E-state index contributed by atoms with van der Waals surface area (Å²) in [4.78, 5) is 13.9. The van der Waals surface area contributed by atoms with Crippen LogP contribution in [0.25, 0.3) is 0 Å². The van der Waals surface area contributed by atoms with Crippen molar-refractivity contribution in [3.63, 3.8) is 0 Å². The predicted octanol–water partition coefficient (Wildman–Crippen LogP) is 1.29. The molecule has 1 rings (SSSR count). The van der Waals surface area contributed by atoms with E-state index in [-0.39, 0.29) is 23.5 Å². The number of halogens is 2. The van der Waals surface area contributed by atoms with E-state index in [0.717, 1.165) is 6.07 Å². The van der Waals surface area contributed by atoms with E-state index >= 15 is 0 Å². The van der Waals surface area contributed by atoms with Crippen LogP contribution in [0.2, 0.25) is 0 Å². The first-order valence-electron chi connectivity index (χ1n) is 3.62. The minimum atomic E-state index is -2.63. The van der Waals surface area contributed by atoms with Gasteiger partial charge in [-0.05, 0) is 12.1 Å². The van der Waals surface area contributed by atoms with Gasteiger partial charge in [0.1, 0.15) is 5.69 Å². The van der Waals surface area contributed by atoms with E-state index in [1.54, 1.807) is 0 Å². The van der Waals surface area contributed by atoms with Crippen molar-refractivity contribution < 1.29 is 13.6 Å². The molecule has 0 bridgehead atoms. The Bertz CT molecular complexity index is 315. The minimum Gasteiger partial charge on any atom is -0.325 e. The van der Waals surface area contributed by atoms with Crippen LogP contribution in [0.3, 0.4) is 0 Å². The highest BCUT2D eigenvalue weighted by Crippen LogP contribution is 2.17. The molecule has 0 aliphatic carbocycles. The maximum Gasteiger partial charge on any atom is 0.280 e. The number of aldehydes is 1. The van der Waals surface area contributed by atoms with E-state index < -0.39 is 6.43 Å². The molecule has 2 N–H and O–H groups in total. The lowest BCUT2D eigenvalue weighted by Gasteiger charge is -2.03. The van der Waals surface area contributed by atoms with Crippen molar-refractivity contribution in [2.45, 2.75) is 13.0 Å². The van der Waals surface area contributed by atoms with Crippen molar-refractivity contribution in [2.24, 2.45) is 5.73 Å². The molecule has 13 heavy (non-hydrogen) atoms. The Morgan fingerprint density at radius 1 is 1.54 bits per heavy atom. The third kappa shape index (κ3) is 2.06. The third-order valence-electron chi connectivity index (χ3n) is 1.57. The summed E-state index contributed by atoms with van der Waals surface area (Å²) in [5.74, 6) is 0. The van der Waals surface area contributed by atoms with Crippen molar-refractivity contribution in [3.8, 4) is 0 Å². The maximum absolute atomic E-state index is 12.1. The molecule has 0 spiro atoms. The molecule has 0 aliphatic heterocycles. The number of pyridine rings is 1. The zero-order valence-corrected chi connectivity index (χ0v) is 6.71. The van der Waals surface area contributed by atoms with E-state index in [9.17, 15) is 13.6 Å². The molecule has 0 aliphatic rings. The summed E-state index contributed by atoms with van der Waals surface area (Å²) in [6.45, 7) is -0.0192. The summed E-state index contributed by atoms with van der Waals surface area (Å²) < 4.78 is 24.3. The van der Waals surface area contributed by atoms with E-state index in [2.05, 4.69) is 4.98 Å². The van der Waals surface area contributed by atoms with Crippen LogP contribution in [0.5, 0.6) is 0 Å². The number of hydrogen-bond donors (Lipinski definition) is 1. The van der Waals surface area contributed by atoms with Gasteiger partial charge in [-0.2, -0.15) is 0 Å². The lowest BCUT2D eigenvalue weighted by Crippen LogP contribution is -2.06. The number of carbonyl (C=O) groups is 1. The average Bonchev–Trinajstić information content (AvgIpc) is 2.16. The first-order chi connectivity index (χ1) is 6.19. The van der Waals surface area contributed by atoms with Crippen molar-refractivity contribution in [3.05, 3.63) is 29.1 Å². The Morgan fingerprint density at radius 3 is 2.69 bits per heavy atom. The highest BCUT2D eigenvalue weighted by atomic mass is 19.3. The summed E-state index contributed by atoms with van der Waals surface area (Å²) in [6, 6.07) is 2.41. The quantitative estimate of drug-likeness (QED) is 0.723. The number of nitrogens with two attached hydrogens (primary N) is 1. The van der Waals surface area contributed by atoms with Crippen LogP contribution in [0.15, 0.2) is 12.1 Å². The molecule has 0 amide bonds. The predicted molar refractivity (Wildman–Crippen MR) is 42.5 cm³/mol. The topological polar surface area (TPSA) is 56.0 Å². The molecule has 0 fully saturated rings. The first-order valence-corrected chi connectivity index (χ1v) is 3.62. The summed E-state index contributed by atoms with van der Waals surface area (Å²) in [5.41, 5.74) is 5.33. The van der Waals surface area contributed by atoms with Crippen LogP contribution < -0.4 is 5.73 Å². The minimum absolute atomic E-state index is 0.0192. The van der Waals surface area contributed by atoms with Crippen molar-refractivity contribution >= 4 is 6.29 Å². The van der Waals surface area contributed by atoms with Crippen molar-refractivity contribution in [2.75, 3.05) is 0 Å². The van der Waals surface area contributed by atoms with Crippen LogP contribution in [0, 0.1) is 0 Å². The summed E-state index contributed by atoms with van der Waals surface area (Å²) in [5, 5.41) is 0. The molecule has 0 saturated heterocycles. The van der Waals surface area contributed by atoms with Gasteiger partial charge in [-0.3, -0.25) is 4.79 Å². The van der Waals surface area contributed by atoms with Gasteiger partial charge < -0.3 is 5.73 Å². The highest BCUT2D eigenvalue weighted by Gasteiger charge is 2.11. The van der Waals surface area contributed by atoms with Gasteiger partial charge in [0.2, 0.25) is 0 Å². The molecule has 70 valence electrons. The molecule has 0 aromatic carbocycles. The van der Waals surface area contributed by atoms with Gasteiger partial charge in [0.25, 0.3) is 6.43 Å². The molecule has 3 nitrogen and oxygen atoms in total. The molecule has 0 unspecified atom stereocenters. The van der Waals surface area contributed by atoms with Gasteiger partial charge in [-0.25, -0.2) is 13.8 Å².